The lowest BCUT2D eigenvalue weighted by Gasteiger charge is -2.31. The Morgan fingerprint density at radius 2 is 1.96 bits per heavy atom. The fourth-order valence-electron chi connectivity index (χ4n) is 3.29. The van der Waals surface area contributed by atoms with E-state index < -0.39 is 0 Å². The van der Waals surface area contributed by atoms with Gasteiger partial charge in [-0.15, -0.1) is 0 Å². The molecule has 2 aliphatic heterocycles. The van der Waals surface area contributed by atoms with Crippen molar-refractivity contribution in [1.29, 1.82) is 0 Å². The lowest BCUT2D eigenvalue weighted by molar-refractivity contribution is -0.0101. The van der Waals surface area contributed by atoms with Crippen LogP contribution in [0, 0.1) is 0 Å². The number of nitrogens with one attached hydrogen (secondary N) is 1. The Kier molecular flexibility index (Phi) is 7.11. The number of hydrogen-bond donors (Lipinski definition) is 1. The minimum absolute atomic E-state index is 0.0294. The molecule has 0 unspecified atom stereocenters. The van der Waals surface area contributed by atoms with Gasteiger partial charge in [-0.3, -0.25) is 4.90 Å². The summed E-state index contributed by atoms with van der Waals surface area (Å²) in [6, 6.07) is 7.70. The molecule has 0 aromatic heterocycles. The number of amides is 2. The van der Waals surface area contributed by atoms with E-state index in [1.54, 1.807) is 7.11 Å². The predicted octanol–water partition coefficient (Wildman–Crippen LogP) is 1.33. The topological polar surface area (TPSA) is 63.3 Å². The third-order valence-corrected chi connectivity index (χ3v) is 4.81. The van der Waals surface area contributed by atoms with Crippen molar-refractivity contribution < 1.29 is 19.0 Å². The van der Waals surface area contributed by atoms with E-state index in [9.17, 15) is 4.79 Å². The summed E-state index contributed by atoms with van der Waals surface area (Å²) in [7, 11) is 1.64. The molecule has 1 aromatic carbocycles. The van der Waals surface area contributed by atoms with E-state index in [2.05, 4.69) is 10.2 Å². The second-order valence-corrected chi connectivity index (χ2v) is 6.71. The summed E-state index contributed by atoms with van der Waals surface area (Å²) in [4.78, 5) is 16.8. The molecule has 7 nitrogen and oxygen atoms in total. The molecule has 2 fully saturated rings. The van der Waals surface area contributed by atoms with E-state index in [1.165, 1.54) is 0 Å². The molecule has 0 spiro atoms. The van der Waals surface area contributed by atoms with Gasteiger partial charge in [-0.1, -0.05) is 12.1 Å². The van der Waals surface area contributed by atoms with E-state index >= 15 is 0 Å². The molecule has 2 aliphatic rings. The maximum Gasteiger partial charge on any atom is 0.317 e. The largest absolute Gasteiger partial charge is 0.497 e. The summed E-state index contributed by atoms with van der Waals surface area (Å²) in [5, 5.41) is 3.02. The molecule has 2 heterocycles. The molecule has 0 saturated carbocycles. The Morgan fingerprint density at radius 3 is 2.69 bits per heavy atom. The van der Waals surface area contributed by atoms with Crippen molar-refractivity contribution >= 4 is 6.03 Å². The van der Waals surface area contributed by atoms with Crippen molar-refractivity contribution in [2.45, 2.75) is 19.1 Å². The molecular weight excluding hydrogens is 334 g/mol. The van der Waals surface area contributed by atoms with Gasteiger partial charge in [0.1, 0.15) is 5.75 Å². The van der Waals surface area contributed by atoms with Gasteiger partial charge in [0.25, 0.3) is 0 Å². The van der Waals surface area contributed by atoms with Crippen LogP contribution in [0.4, 0.5) is 4.79 Å². The highest BCUT2D eigenvalue weighted by Crippen LogP contribution is 2.12. The average Bonchev–Trinajstić information content (AvgIpc) is 2.93. The average molecular weight is 363 g/mol. The van der Waals surface area contributed by atoms with Crippen LogP contribution < -0.4 is 10.1 Å². The summed E-state index contributed by atoms with van der Waals surface area (Å²) < 4.78 is 16.5. The number of morpholine rings is 1. The number of carbonyl (C=O) groups excluding carboxylic acids is 1. The first-order chi connectivity index (χ1) is 12.7. The van der Waals surface area contributed by atoms with Crippen LogP contribution in [0.5, 0.6) is 5.75 Å². The summed E-state index contributed by atoms with van der Waals surface area (Å²) >= 11 is 0. The van der Waals surface area contributed by atoms with Gasteiger partial charge in [0.2, 0.25) is 0 Å². The van der Waals surface area contributed by atoms with Crippen molar-refractivity contribution in [3.05, 3.63) is 29.8 Å². The van der Waals surface area contributed by atoms with Crippen molar-refractivity contribution in [2.24, 2.45) is 0 Å². The molecule has 3 rings (SSSR count). The van der Waals surface area contributed by atoms with Crippen LogP contribution in [0.25, 0.3) is 0 Å². The molecule has 0 bridgehead atoms. The summed E-state index contributed by atoms with van der Waals surface area (Å²) in [6.07, 6.45) is 0.928. The second-order valence-electron chi connectivity index (χ2n) is 6.71. The molecule has 2 amide bonds. The van der Waals surface area contributed by atoms with E-state index in [4.69, 9.17) is 14.2 Å². The predicted molar refractivity (Wildman–Crippen MR) is 98.4 cm³/mol. The molecule has 0 radical (unpaired) electrons. The second kappa shape index (κ2) is 9.75. The highest BCUT2D eigenvalue weighted by molar-refractivity contribution is 5.74. The number of urea groups is 1. The maximum atomic E-state index is 12.6. The number of methoxy groups -OCH3 is 1. The van der Waals surface area contributed by atoms with E-state index in [1.807, 2.05) is 29.2 Å². The summed E-state index contributed by atoms with van der Waals surface area (Å²) in [5.74, 6) is 0.815. The number of nitrogens with zero attached hydrogens (tertiary/aromatic N) is 2. The third-order valence-electron chi connectivity index (χ3n) is 4.81. The number of rotatable bonds is 5. The standard InChI is InChI=1S/C19H29N3O4/c1-24-17-5-3-16(4-6-17)13-20-19(23)22-7-2-10-26-18(15-22)14-21-8-11-25-12-9-21/h3-6,18H,2,7-15H2,1H3,(H,20,23)/t18-/m1/s1. The van der Waals surface area contributed by atoms with Crippen LogP contribution in [0.3, 0.4) is 0 Å². The van der Waals surface area contributed by atoms with Crippen molar-refractivity contribution in [3.63, 3.8) is 0 Å². The molecule has 1 atom stereocenters. The number of hydrogen-bond acceptors (Lipinski definition) is 5. The van der Waals surface area contributed by atoms with E-state index in [-0.39, 0.29) is 12.1 Å². The van der Waals surface area contributed by atoms with Crippen molar-refractivity contribution in [2.75, 3.05) is 59.7 Å². The summed E-state index contributed by atoms with van der Waals surface area (Å²) in [6.45, 7) is 6.85. The van der Waals surface area contributed by atoms with Gasteiger partial charge in [-0.25, -0.2) is 4.79 Å². The molecule has 144 valence electrons. The zero-order valence-corrected chi connectivity index (χ0v) is 15.5. The summed E-state index contributed by atoms with van der Waals surface area (Å²) in [5.41, 5.74) is 1.05. The smallest absolute Gasteiger partial charge is 0.317 e. The third kappa shape index (κ3) is 5.59. The van der Waals surface area contributed by atoms with E-state index in [0.717, 1.165) is 57.1 Å². The number of ether oxygens (including phenoxy) is 3. The van der Waals surface area contributed by atoms with Gasteiger partial charge in [-0.2, -0.15) is 0 Å². The first-order valence-electron chi connectivity index (χ1n) is 9.32. The zero-order valence-electron chi connectivity index (χ0n) is 15.5. The minimum Gasteiger partial charge on any atom is -0.497 e. The van der Waals surface area contributed by atoms with Gasteiger partial charge in [0, 0.05) is 45.9 Å². The van der Waals surface area contributed by atoms with Crippen LogP contribution in [-0.2, 0) is 16.0 Å². The first kappa shape index (κ1) is 18.9. The SMILES string of the molecule is COc1ccc(CNC(=O)N2CCCO[C@H](CN3CCOCC3)C2)cc1. The lowest BCUT2D eigenvalue weighted by atomic mass is 10.2. The molecule has 7 heteroatoms. The highest BCUT2D eigenvalue weighted by Gasteiger charge is 2.25. The molecule has 2 saturated heterocycles. The van der Waals surface area contributed by atoms with Crippen molar-refractivity contribution in [1.82, 2.24) is 15.1 Å². The van der Waals surface area contributed by atoms with Gasteiger partial charge < -0.3 is 24.4 Å². The molecule has 0 aliphatic carbocycles. The molecule has 1 N–H and O–H groups in total. The fraction of sp³-hybridized carbons (Fsp3) is 0.632. The highest BCUT2D eigenvalue weighted by atomic mass is 16.5. The fourth-order valence-corrected chi connectivity index (χ4v) is 3.29. The Labute approximate surface area is 155 Å². The minimum atomic E-state index is -0.0294. The molecule has 1 aromatic rings. The van der Waals surface area contributed by atoms with Crippen LogP contribution in [0.15, 0.2) is 24.3 Å². The van der Waals surface area contributed by atoms with Crippen LogP contribution in [-0.4, -0.2) is 81.6 Å². The number of carbonyl (C=O) groups is 1. The van der Waals surface area contributed by atoms with Gasteiger partial charge in [0.15, 0.2) is 0 Å². The Morgan fingerprint density at radius 1 is 1.19 bits per heavy atom. The quantitative estimate of drug-likeness (QED) is 0.855. The molecular formula is C19H29N3O4. The zero-order chi connectivity index (χ0) is 18.2. The Hall–Kier alpha value is -1.83. The first-order valence-corrected chi connectivity index (χ1v) is 9.32. The van der Waals surface area contributed by atoms with Crippen molar-refractivity contribution in [3.8, 4) is 5.75 Å². The monoisotopic (exact) mass is 363 g/mol. The van der Waals surface area contributed by atoms with Crippen LogP contribution >= 0.6 is 0 Å². The van der Waals surface area contributed by atoms with Crippen LogP contribution in [0.2, 0.25) is 0 Å². The molecule has 26 heavy (non-hydrogen) atoms. The van der Waals surface area contributed by atoms with Gasteiger partial charge in [-0.05, 0) is 24.1 Å². The van der Waals surface area contributed by atoms with Gasteiger partial charge in [0.05, 0.1) is 26.4 Å². The number of benzene rings is 1. The lowest BCUT2D eigenvalue weighted by Crippen LogP contribution is -2.47. The van der Waals surface area contributed by atoms with Gasteiger partial charge >= 0.3 is 6.03 Å². The van der Waals surface area contributed by atoms with E-state index in [0.29, 0.717) is 19.7 Å². The maximum absolute atomic E-state index is 12.6. The Balaban J connectivity index is 1.48. The van der Waals surface area contributed by atoms with Crippen LogP contribution in [0.1, 0.15) is 12.0 Å². The normalized spacial score (nSPS) is 21.9. The Bertz CT molecular complexity index is 560.